The highest BCUT2D eigenvalue weighted by Gasteiger charge is 2.40. The minimum absolute atomic E-state index is 0.388. The molecule has 1 heterocycles. The second kappa shape index (κ2) is 4.44. The Kier molecular flexibility index (Phi) is 3.38. The molecule has 0 aromatic heterocycles. The first-order valence-electron chi connectivity index (χ1n) is 7.29. The van der Waals surface area contributed by atoms with Gasteiger partial charge >= 0.3 is 0 Å². The van der Waals surface area contributed by atoms with Gasteiger partial charge in [-0.05, 0) is 23.2 Å². The van der Waals surface area contributed by atoms with E-state index >= 15 is 0 Å². The van der Waals surface area contributed by atoms with Crippen LogP contribution >= 0.6 is 0 Å². The first kappa shape index (κ1) is 13.7. The monoisotopic (exact) mass is 242 g/mol. The Morgan fingerprint density at radius 2 is 1.72 bits per heavy atom. The van der Waals surface area contributed by atoms with Crippen molar-refractivity contribution in [3.05, 3.63) is 29.8 Å². The number of rotatable bonds is 2. The van der Waals surface area contributed by atoms with Crippen LogP contribution in [0.5, 0.6) is 0 Å². The van der Waals surface area contributed by atoms with E-state index in [0.29, 0.717) is 10.8 Å². The van der Waals surface area contributed by atoms with Crippen LogP contribution in [0.25, 0.3) is 0 Å². The molecular formula is C17H27B. The zero-order chi connectivity index (χ0) is 13.6. The lowest BCUT2D eigenvalue weighted by molar-refractivity contribution is 0.182. The normalized spacial score (nSPS) is 20.1. The summed E-state index contributed by atoms with van der Waals surface area (Å²) in [5, 5.41) is 0. The van der Waals surface area contributed by atoms with Crippen LogP contribution in [0, 0.1) is 10.8 Å². The van der Waals surface area contributed by atoms with Gasteiger partial charge in [0.15, 0.2) is 6.71 Å². The molecule has 1 heteroatoms. The van der Waals surface area contributed by atoms with Crippen molar-refractivity contribution in [1.29, 1.82) is 0 Å². The standard InChI is InChI=1S/C17H27B/c1-16(2,3)12-17(4,5)14-11-18(6)15-10-8-7-9-13(14)15/h7-10,14H,11-12H2,1-6H3. The summed E-state index contributed by atoms with van der Waals surface area (Å²) in [5.74, 6) is 0.725. The quantitative estimate of drug-likeness (QED) is 0.666. The topological polar surface area (TPSA) is 0 Å². The lowest BCUT2D eigenvalue weighted by atomic mass is 9.46. The molecule has 2 rings (SSSR count). The fourth-order valence-corrected chi connectivity index (χ4v) is 4.11. The van der Waals surface area contributed by atoms with Gasteiger partial charge in [-0.3, -0.25) is 0 Å². The van der Waals surface area contributed by atoms with E-state index in [1.807, 2.05) is 0 Å². The molecule has 98 valence electrons. The second-order valence-electron chi connectivity index (χ2n) is 8.04. The molecule has 18 heavy (non-hydrogen) atoms. The van der Waals surface area contributed by atoms with Crippen molar-refractivity contribution in [3.63, 3.8) is 0 Å². The van der Waals surface area contributed by atoms with Crippen LogP contribution in [0.2, 0.25) is 13.1 Å². The van der Waals surface area contributed by atoms with E-state index in [1.165, 1.54) is 12.7 Å². The van der Waals surface area contributed by atoms with Crippen LogP contribution in [-0.4, -0.2) is 6.71 Å². The Morgan fingerprint density at radius 3 is 2.33 bits per heavy atom. The van der Waals surface area contributed by atoms with Gasteiger partial charge in [0.05, 0.1) is 0 Å². The average Bonchev–Trinajstić information content (AvgIpc) is 2.54. The molecule has 1 aliphatic rings. The highest BCUT2D eigenvalue weighted by atomic mass is 14.4. The molecule has 0 nitrogen and oxygen atoms in total. The van der Waals surface area contributed by atoms with E-state index in [2.05, 4.69) is 65.7 Å². The molecule has 0 spiro atoms. The SMILES string of the molecule is CB1CC(C(C)(C)CC(C)(C)C)c2ccccc21. The molecular weight excluding hydrogens is 215 g/mol. The van der Waals surface area contributed by atoms with Crippen molar-refractivity contribution in [2.24, 2.45) is 10.8 Å². The molecule has 1 aromatic rings. The lowest BCUT2D eigenvalue weighted by Gasteiger charge is -2.38. The predicted molar refractivity (Wildman–Crippen MR) is 83.1 cm³/mol. The molecule has 0 fully saturated rings. The summed E-state index contributed by atoms with van der Waals surface area (Å²) in [6.07, 6.45) is 2.61. The fraction of sp³-hybridized carbons (Fsp3) is 0.647. The van der Waals surface area contributed by atoms with Crippen molar-refractivity contribution in [1.82, 2.24) is 0 Å². The van der Waals surface area contributed by atoms with E-state index in [0.717, 1.165) is 12.6 Å². The molecule has 1 aliphatic heterocycles. The minimum atomic E-state index is 0.388. The van der Waals surface area contributed by atoms with Crippen LogP contribution in [-0.2, 0) is 0 Å². The Bertz CT molecular complexity index is 425. The van der Waals surface area contributed by atoms with Crippen LogP contribution < -0.4 is 5.46 Å². The third-order valence-corrected chi connectivity index (χ3v) is 4.42. The fourth-order valence-electron chi connectivity index (χ4n) is 4.11. The van der Waals surface area contributed by atoms with Crippen molar-refractivity contribution >= 4 is 12.2 Å². The Balaban J connectivity index is 2.31. The number of hydrogen-bond donors (Lipinski definition) is 0. The Morgan fingerprint density at radius 1 is 1.11 bits per heavy atom. The molecule has 1 aromatic carbocycles. The van der Waals surface area contributed by atoms with Gasteiger partial charge in [0.1, 0.15) is 0 Å². The van der Waals surface area contributed by atoms with Crippen LogP contribution in [0.3, 0.4) is 0 Å². The van der Waals surface area contributed by atoms with E-state index in [9.17, 15) is 0 Å². The third kappa shape index (κ3) is 2.65. The van der Waals surface area contributed by atoms with Crippen molar-refractivity contribution in [2.75, 3.05) is 0 Å². The van der Waals surface area contributed by atoms with Crippen LogP contribution in [0.15, 0.2) is 24.3 Å². The van der Waals surface area contributed by atoms with Gasteiger partial charge in [-0.15, -0.1) is 0 Å². The smallest absolute Gasteiger partial charge is 0.0817 e. The molecule has 0 aliphatic carbocycles. The minimum Gasteiger partial charge on any atom is -0.0817 e. The van der Waals surface area contributed by atoms with Crippen molar-refractivity contribution < 1.29 is 0 Å². The summed E-state index contributed by atoms with van der Waals surface area (Å²) in [6.45, 7) is 15.1. The van der Waals surface area contributed by atoms with Gasteiger partial charge in [0.2, 0.25) is 0 Å². The Labute approximate surface area is 113 Å². The van der Waals surface area contributed by atoms with Gasteiger partial charge in [0.25, 0.3) is 0 Å². The maximum atomic E-state index is 2.46. The zero-order valence-electron chi connectivity index (χ0n) is 12.9. The Hall–Kier alpha value is -0.715. The molecule has 0 saturated heterocycles. The van der Waals surface area contributed by atoms with Gasteiger partial charge in [-0.1, -0.05) is 83.1 Å². The number of benzene rings is 1. The van der Waals surface area contributed by atoms with Crippen molar-refractivity contribution in [3.8, 4) is 0 Å². The summed E-state index contributed by atoms with van der Waals surface area (Å²) in [4.78, 5) is 0. The van der Waals surface area contributed by atoms with E-state index < -0.39 is 0 Å². The molecule has 1 unspecified atom stereocenters. The maximum Gasteiger partial charge on any atom is 0.173 e. The molecule has 0 saturated carbocycles. The second-order valence-corrected chi connectivity index (χ2v) is 8.04. The van der Waals surface area contributed by atoms with Gasteiger partial charge in [-0.2, -0.15) is 0 Å². The number of hydrogen-bond acceptors (Lipinski definition) is 0. The van der Waals surface area contributed by atoms with E-state index in [4.69, 9.17) is 0 Å². The number of fused-ring (bicyclic) bond motifs is 1. The molecule has 1 atom stereocenters. The predicted octanol–water partition coefficient (Wildman–Crippen LogP) is 4.58. The van der Waals surface area contributed by atoms with E-state index in [1.54, 1.807) is 11.0 Å². The van der Waals surface area contributed by atoms with Crippen molar-refractivity contribution in [2.45, 2.75) is 60.1 Å². The maximum absolute atomic E-state index is 2.46. The van der Waals surface area contributed by atoms with Crippen LogP contribution in [0.1, 0.15) is 52.5 Å². The summed E-state index contributed by atoms with van der Waals surface area (Å²) >= 11 is 0. The third-order valence-electron chi connectivity index (χ3n) is 4.42. The molecule has 0 amide bonds. The highest BCUT2D eigenvalue weighted by molar-refractivity contribution is 6.74. The molecule has 0 N–H and O–H groups in total. The summed E-state index contributed by atoms with van der Waals surface area (Å²) in [5.41, 5.74) is 3.99. The zero-order valence-corrected chi connectivity index (χ0v) is 12.9. The largest absolute Gasteiger partial charge is 0.173 e. The summed E-state index contributed by atoms with van der Waals surface area (Å²) < 4.78 is 0. The van der Waals surface area contributed by atoms with Gasteiger partial charge in [-0.25, -0.2) is 0 Å². The lowest BCUT2D eigenvalue weighted by Crippen LogP contribution is -2.27. The average molecular weight is 242 g/mol. The summed E-state index contributed by atoms with van der Waals surface area (Å²) in [7, 11) is 0. The molecule has 0 bridgehead atoms. The van der Waals surface area contributed by atoms with Crippen LogP contribution in [0.4, 0.5) is 0 Å². The first-order valence-corrected chi connectivity index (χ1v) is 7.29. The van der Waals surface area contributed by atoms with Gasteiger partial charge in [0, 0.05) is 0 Å². The highest BCUT2D eigenvalue weighted by Crippen LogP contribution is 2.48. The summed E-state index contributed by atoms with van der Waals surface area (Å²) in [6, 6.07) is 9.08. The van der Waals surface area contributed by atoms with E-state index in [-0.39, 0.29) is 0 Å². The molecule has 0 radical (unpaired) electrons. The van der Waals surface area contributed by atoms with Gasteiger partial charge < -0.3 is 0 Å². The first-order chi connectivity index (χ1) is 8.21.